The van der Waals surface area contributed by atoms with Crippen LogP contribution in [0.25, 0.3) is 0 Å². The molecule has 0 radical (unpaired) electrons. The van der Waals surface area contributed by atoms with Crippen molar-refractivity contribution in [1.29, 1.82) is 0 Å². The van der Waals surface area contributed by atoms with Crippen molar-refractivity contribution in [3.63, 3.8) is 0 Å². The zero-order chi connectivity index (χ0) is 11.6. The number of aromatic nitrogens is 2. The molecule has 0 unspecified atom stereocenters. The first kappa shape index (κ1) is 11.4. The summed E-state index contributed by atoms with van der Waals surface area (Å²) in [5.41, 5.74) is 6.08. The summed E-state index contributed by atoms with van der Waals surface area (Å²) in [6, 6.07) is 0. The summed E-state index contributed by atoms with van der Waals surface area (Å²) in [7, 11) is 0. The molecule has 1 aromatic heterocycles. The number of hydrogen-bond donors (Lipinski definition) is 3. The van der Waals surface area contributed by atoms with Gasteiger partial charge in [0.25, 0.3) is 0 Å². The van der Waals surface area contributed by atoms with Crippen LogP contribution in [0.4, 0.5) is 11.5 Å². The first-order chi connectivity index (χ1) is 7.67. The van der Waals surface area contributed by atoms with Crippen molar-refractivity contribution in [3.05, 3.63) is 11.5 Å². The van der Waals surface area contributed by atoms with E-state index in [0.29, 0.717) is 18.1 Å². The van der Waals surface area contributed by atoms with E-state index in [-0.39, 0.29) is 17.2 Å². The molecule has 1 saturated carbocycles. The second-order valence-electron chi connectivity index (χ2n) is 4.29. The second-order valence-corrected chi connectivity index (χ2v) is 4.65. The predicted octanol–water partition coefficient (Wildman–Crippen LogP) is 1.29. The van der Waals surface area contributed by atoms with Gasteiger partial charge < -0.3 is 16.2 Å². The highest BCUT2D eigenvalue weighted by Crippen LogP contribution is 2.40. The maximum absolute atomic E-state index is 9.31. The van der Waals surface area contributed by atoms with Crippen LogP contribution in [0, 0.1) is 5.41 Å². The van der Waals surface area contributed by atoms with Crippen LogP contribution in [-0.4, -0.2) is 28.2 Å². The van der Waals surface area contributed by atoms with Crippen LogP contribution >= 0.6 is 11.6 Å². The van der Waals surface area contributed by atoms with Crippen LogP contribution in [0.5, 0.6) is 0 Å². The predicted molar refractivity (Wildman–Crippen MR) is 63.3 cm³/mol. The van der Waals surface area contributed by atoms with Gasteiger partial charge in [0.2, 0.25) is 0 Å². The van der Waals surface area contributed by atoms with Crippen LogP contribution in [0.15, 0.2) is 6.33 Å². The van der Waals surface area contributed by atoms with Gasteiger partial charge in [0.05, 0.1) is 6.61 Å². The van der Waals surface area contributed by atoms with Gasteiger partial charge in [0, 0.05) is 12.0 Å². The second kappa shape index (κ2) is 4.43. The van der Waals surface area contributed by atoms with E-state index in [0.717, 1.165) is 12.8 Å². The Balaban J connectivity index is 2.02. The Morgan fingerprint density at radius 2 is 2.25 bits per heavy atom. The molecule has 1 aliphatic carbocycles. The number of nitrogens with two attached hydrogens (primary N) is 1. The number of aliphatic hydroxyl groups is 1. The number of anilines is 2. The van der Waals surface area contributed by atoms with Crippen LogP contribution in [0.2, 0.25) is 5.15 Å². The third kappa shape index (κ3) is 2.05. The molecule has 5 nitrogen and oxygen atoms in total. The Morgan fingerprint density at radius 1 is 1.50 bits per heavy atom. The van der Waals surface area contributed by atoms with E-state index in [9.17, 15) is 5.11 Å². The molecule has 1 heterocycles. The maximum Gasteiger partial charge on any atom is 0.157 e. The van der Waals surface area contributed by atoms with E-state index in [1.807, 2.05) is 0 Å². The third-order valence-electron chi connectivity index (χ3n) is 3.22. The number of aliphatic hydroxyl groups excluding tert-OH is 1. The van der Waals surface area contributed by atoms with Gasteiger partial charge in [-0.25, -0.2) is 9.97 Å². The van der Waals surface area contributed by atoms with Crippen LogP contribution < -0.4 is 11.1 Å². The van der Waals surface area contributed by atoms with E-state index in [1.165, 1.54) is 12.7 Å². The van der Waals surface area contributed by atoms with Gasteiger partial charge in [-0.05, 0) is 12.8 Å². The van der Waals surface area contributed by atoms with Crippen molar-refractivity contribution in [2.24, 2.45) is 5.41 Å². The molecule has 0 amide bonds. The number of nitrogens with zero attached hydrogens (tertiary/aromatic N) is 2. The van der Waals surface area contributed by atoms with E-state index in [4.69, 9.17) is 17.3 Å². The fourth-order valence-electron chi connectivity index (χ4n) is 1.85. The molecular weight excluding hydrogens is 228 g/mol. The van der Waals surface area contributed by atoms with Gasteiger partial charge in [-0.3, -0.25) is 0 Å². The molecule has 2 rings (SSSR count). The summed E-state index contributed by atoms with van der Waals surface area (Å²) >= 11 is 5.78. The number of nitrogen functional groups attached to an aromatic ring is 1. The van der Waals surface area contributed by atoms with E-state index in [1.54, 1.807) is 0 Å². The summed E-state index contributed by atoms with van der Waals surface area (Å²) in [4.78, 5) is 7.80. The largest absolute Gasteiger partial charge is 0.396 e. The van der Waals surface area contributed by atoms with E-state index >= 15 is 0 Å². The SMILES string of the molecule is Nc1c(Cl)ncnc1NCC1(CO)CCC1. The Hall–Kier alpha value is -1.07. The molecule has 1 aliphatic rings. The summed E-state index contributed by atoms with van der Waals surface area (Å²) in [6.45, 7) is 0.861. The minimum atomic E-state index is -0.0101. The summed E-state index contributed by atoms with van der Waals surface area (Å²) in [6.07, 6.45) is 4.61. The van der Waals surface area contributed by atoms with Crippen molar-refractivity contribution in [3.8, 4) is 0 Å². The molecule has 0 aliphatic heterocycles. The summed E-state index contributed by atoms with van der Waals surface area (Å²) in [5, 5.41) is 12.7. The lowest BCUT2D eigenvalue weighted by molar-refractivity contribution is 0.0576. The van der Waals surface area contributed by atoms with Crippen molar-refractivity contribution in [1.82, 2.24) is 9.97 Å². The monoisotopic (exact) mass is 242 g/mol. The Kier molecular flexibility index (Phi) is 3.16. The average Bonchev–Trinajstić information content (AvgIpc) is 2.23. The van der Waals surface area contributed by atoms with Crippen LogP contribution in [0.3, 0.4) is 0 Å². The first-order valence-electron chi connectivity index (χ1n) is 5.28. The highest BCUT2D eigenvalue weighted by atomic mass is 35.5. The quantitative estimate of drug-likeness (QED) is 0.693. The van der Waals surface area contributed by atoms with Gasteiger partial charge in [0.1, 0.15) is 12.0 Å². The van der Waals surface area contributed by atoms with Crippen LogP contribution in [-0.2, 0) is 0 Å². The Bertz CT molecular complexity index is 376. The zero-order valence-electron chi connectivity index (χ0n) is 8.91. The maximum atomic E-state index is 9.31. The van der Waals surface area contributed by atoms with Crippen molar-refractivity contribution in [2.45, 2.75) is 19.3 Å². The smallest absolute Gasteiger partial charge is 0.157 e. The highest BCUT2D eigenvalue weighted by Gasteiger charge is 2.36. The number of nitrogens with one attached hydrogen (secondary N) is 1. The average molecular weight is 243 g/mol. The lowest BCUT2D eigenvalue weighted by Gasteiger charge is -2.40. The topological polar surface area (TPSA) is 84.1 Å². The van der Waals surface area contributed by atoms with Gasteiger partial charge in [0.15, 0.2) is 11.0 Å². The normalized spacial score (nSPS) is 17.9. The lowest BCUT2D eigenvalue weighted by Crippen LogP contribution is -2.40. The molecule has 0 bridgehead atoms. The highest BCUT2D eigenvalue weighted by molar-refractivity contribution is 6.32. The minimum Gasteiger partial charge on any atom is -0.396 e. The molecule has 88 valence electrons. The summed E-state index contributed by atoms with van der Waals surface area (Å²) < 4.78 is 0. The molecule has 0 atom stereocenters. The molecule has 0 saturated heterocycles. The molecule has 1 fully saturated rings. The fraction of sp³-hybridized carbons (Fsp3) is 0.600. The number of rotatable bonds is 4. The molecule has 0 aromatic carbocycles. The van der Waals surface area contributed by atoms with Gasteiger partial charge in [-0.1, -0.05) is 18.0 Å². The summed E-state index contributed by atoms with van der Waals surface area (Å²) in [5.74, 6) is 0.541. The van der Waals surface area contributed by atoms with E-state index in [2.05, 4.69) is 15.3 Å². The Labute approximate surface area is 99.0 Å². The molecule has 1 aromatic rings. The minimum absolute atomic E-state index is 0.0101. The van der Waals surface area contributed by atoms with Crippen molar-refractivity contribution in [2.75, 3.05) is 24.2 Å². The first-order valence-corrected chi connectivity index (χ1v) is 5.65. The zero-order valence-corrected chi connectivity index (χ0v) is 9.67. The van der Waals surface area contributed by atoms with Gasteiger partial charge in [-0.15, -0.1) is 0 Å². The standard InChI is InChI=1S/C10H15ClN4O/c11-8-7(12)9(15-6-14-8)13-4-10(5-16)2-1-3-10/h6,16H,1-5,12H2,(H,13,14,15). The molecular formula is C10H15ClN4O. The van der Waals surface area contributed by atoms with Crippen LogP contribution in [0.1, 0.15) is 19.3 Å². The van der Waals surface area contributed by atoms with Gasteiger partial charge >= 0.3 is 0 Å². The van der Waals surface area contributed by atoms with Crippen molar-refractivity contribution >= 4 is 23.1 Å². The lowest BCUT2D eigenvalue weighted by atomic mass is 9.69. The molecule has 6 heteroatoms. The van der Waals surface area contributed by atoms with E-state index < -0.39 is 0 Å². The fourth-order valence-corrected chi connectivity index (χ4v) is 1.99. The van der Waals surface area contributed by atoms with Crippen molar-refractivity contribution < 1.29 is 5.11 Å². The Morgan fingerprint density at radius 3 is 2.81 bits per heavy atom. The molecule has 16 heavy (non-hydrogen) atoms. The van der Waals surface area contributed by atoms with Gasteiger partial charge in [-0.2, -0.15) is 0 Å². The number of hydrogen-bond acceptors (Lipinski definition) is 5. The molecule has 0 spiro atoms. The molecule has 4 N–H and O–H groups in total. The third-order valence-corrected chi connectivity index (χ3v) is 3.52. The number of halogens is 1.